The third kappa shape index (κ3) is 6.68. The van der Waals surface area contributed by atoms with Crippen LogP contribution in [-0.4, -0.2) is 19.1 Å². The average molecular weight is 281 g/mol. The smallest absolute Gasteiger partial charge is 0.387 e. The van der Waals surface area contributed by atoms with E-state index >= 15 is 0 Å². The molecule has 0 atom stereocenters. The van der Waals surface area contributed by atoms with Crippen LogP contribution in [0.5, 0.6) is 5.75 Å². The first kappa shape index (κ1) is 15.9. The summed E-state index contributed by atoms with van der Waals surface area (Å²) in [6.45, 7) is -0.471. The van der Waals surface area contributed by atoms with E-state index in [-0.39, 0.29) is 11.7 Å². The first-order valence-corrected chi connectivity index (χ1v) is 6.22. The first-order chi connectivity index (χ1) is 9.61. The standard InChI is InChI=1S/C15H17F2NO2/c1-2-3-4-5-14(19)18-11-10-12-6-8-13(9-7-12)20-15(16)17/h2-9,15H,10-11H2,1H3,(H,18,19)/b3-2+,5-4+. The van der Waals surface area contributed by atoms with Crippen molar-refractivity contribution >= 4 is 5.91 Å². The van der Waals surface area contributed by atoms with Crippen molar-refractivity contribution < 1.29 is 18.3 Å². The van der Waals surface area contributed by atoms with Gasteiger partial charge in [-0.05, 0) is 31.0 Å². The Hall–Kier alpha value is -2.17. The maximum Gasteiger partial charge on any atom is 0.387 e. The average Bonchev–Trinajstić information content (AvgIpc) is 2.40. The van der Waals surface area contributed by atoms with Crippen LogP contribution in [0.25, 0.3) is 0 Å². The fourth-order valence-electron chi connectivity index (χ4n) is 1.48. The molecule has 0 unspecified atom stereocenters. The third-order valence-electron chi connectivity index (χ3n) is 2.41. The second-order valence-corrected chi connectivity index (χ2v) is 3.95. The Kier molecular flexibility index (Phi) is 7.03. The van der Waals surface area contributed by atoms with Crippen LogP contribution < -0.4 is 10.1 Å². The van der Waals surface area contributed by atoms with Gasteiger partial charge in [0.2, 0.25) is 5.91 Å². The van der Waals surface area contributed by atoms with Crippen molar-refractivity contribution in [3.05, 3.63) is 54.1 Å². The second-order valence-electron chi connectivity index (χ2n) is 3.95. The molecule has 0 aromatic heterocycles. The minimum Gasteiger partial charge on any atom is -0.435 e. The van der Waals surface area contributed by atoms with Crippen LogP contribution in [-0.2, 0) is 11.2 Å². The van der Waals surface area contributed by atoms with Crippen LogP contribution in [0.15, 0.2) is 48.6 Å². The number of hydrogen-bond acceptors (Lipinski definition) is 2. The van der Waals surface area contributed by atoms with Gasteiger partial charge in [-0.3, -0.25) is 4.79 Å². The number of rotatable bonds is 7. The lowest BCUT2D eigenvalue weighted by Crippen LogP contribution is -2.23. The molecule has 108 valence electrons. The molecule has 5 heteroatoms. The molecular weight excluding hydrogens is 264 g/mol. The normalized spacial score (nSPS) is 11.4. The predicted molar refractivity (Wildman–Crippen MR) is 73.7 cm³/mol. The molecule has 1 amide bonds. The Morgan fingerprint density at radius 1 is 1.30 bits per heavy atom. The Balaban J connectivity index is 2.33. The SMILES string of the molecule is C/C=C/C=C/C(=O)NCCc1ccc(OC(F)F)cc1. The fourth-order valence-corrected chi connectivity index (χ4v) is 1.48. The quantitative estimate of drug-likeness (QED) is 0.616. The van der Waals surface area contributed by atoms with Crippen molar-refractivity contribution in [3.63, 3.8) is 0 Å². The van der Waals surface area contributed by atoms with Gasteiger partial charge in [0.05, 0.1) is 0 Å². The molecule has 0 fully saturated rings. The van der Waals surface area contributed by atoms with Crippen molar-refractivity contribution in [1.82, 2.24) is 5.32 Å². The Bertz CT molecular complexity index is 467. The first-order valence-electron chi connectivity index (χ1n) is 6.22. The molecule has 0 aliphatic rings. The van der Waals surface area contributed by atoms with E-state index in [4.69, 9.17) is 0 Å². The van der Waals surface area contributed by atoms with Crippen molar-refractivity contribution in [1.29, 1.82) is 0 Å². The monoisotopic (exact) mass is 281 g/mol. The highest BCUT2D eigenvalue weighted by molar-refractivity contribution is 5.87. The van der Waals surface area contributed by atoms with E-state index in [1.54, 1.807) is 24.3 Å². The summed E-state index contributed by atoms with van der Waals surface area (Å²) in [6, 6.07) is 6.35. The number of carbonyl (C=O) groups excluding carboxylic acids is 1. The van der Waals surface area contributed by atoms with Crippen molar-refractivity contribution in [2.24, 2.45) is 0 Å². The van der Waals surface area contributed by atoms with E-state index in [0.717, 1.165) is 5.56 Å². The van der Waals surface area contributed by atoms with Crippen molar-refractivity contribution in [2.75, 3.05) is 6.54 Å². The zero-order valence-electron chi connectivity index (χ0n) is 11.2. The molecule has 0 saturated heterocycles. The molecule has 0 bridgehead atoms. The van der Waals surface area contributed by atoms with Gasteiger partial charge in [-0.2, -0.15) is 8.78 Å². The number of nitrogens with one attached hydrogen (secondary N) is 1. The minimum absolute atomic E-state index is 0.127. The molecule has 0 radical (unpaired) electrons. The number of benzene rings is 1. The van der Waals surface area contributed by atoms with Crippen LogP contribution in [0.2, 0.25) is 0 Å². The van der Waals surface area contributed by atoms with Gasteiger partial charge in [0.1, 0.15) is 5.75 Å². The number of alkyl halides is 2. The zero-order chi connectivity index (χ0) is 14.8. The van der Waals surface area contributed by atoms with Gasteiger partial charge >= 0.3 is 6.61 Å². The third-order valence-corrected chi connectivity index (χ3v) is 2.41. The molecule has 1 aromatic carbocycles. The molecule has 0 spiro atoms. The highest BCUT2D eigenvalue weighted by atomic mass is 19.3. The van der Waals surface area contributed by atoms with Crippen LogP contribution in [0.4, 0.5) is 8.78 Å². The maximum atomic E-state index is 12.0. The molecule has 1 rings (SSSR count). The zero-order valence-corrected chi connectivity index (χ0v) is 11.2. The molecule has 3 nitrogen and oxygen atoms in total. The molecule has 1 N–H and O–H groups in total. The number of ether oxygens (including phenoxy) is 1. The van der Waals surface area contributed by atoms with Crippen LogP contribution in [0, 0.1) is 0 Å². The highest BCUT2D eigenvalue weighted by Gasteiger charge is 2.03. The van der Waals surface area contributed by atoms with Gasteiger partial charge in [0, 0.05) is 12.6 Å². The van der Waals surface area contributed by atoms with Gasteiger partial charge < -0.3 is 10.1 Å². The number of amides is 1. The summed E-state index contributed by atoms with van der Waals surface area (Å²) in [4.78, 5) is 11.3. The summed E-state index contributed by atoms with van der Waals surface area (Å²) < 4.78 is 28.2. The summed E-state index contributed by atoms with van der Waals surface area (Å²) in [5.41, 5.74) is 0.935. The summed E-state index contributed by atoms with van der Waals surface area (Å²) in [6.07, 6.45) is 7.32. The minimum atomic E-state index is -2.82. The van der Waals surface area contributed by atoms with Crippen LogP contribution in [0.1, 0.15) is 12.5 Å². The second kappa shape index (κ2) is 8.85. The van der Waals surface area contributed by atoms with Gasteiger partial charge in [0.25, 0.3) is 0 Å². The topological polar surface area (TPSA) is 38.3 Å². The number of allylic oxidation sites excluding steroid dienone is 3. The van der Waals surface area contributed by atoms with Crippen molar-refractivity contribution in [2.45, 2.75) is 20.0 Å². The van der Waals surface area contributed by atoms with E-state index in [2.05, 4.69) is 10.1 Å². The van der Waals surface area contributed by atoms with Gasteiger partial charge in [-0.15, -0.1) is 0 Å². The molecule has 0 aliphatic carbocycles. The van der Waals surface area contributed by atoms with E-state index in [9.17, 15) is 13.6 Å². The molecule has 0 heterocycles. The summed E-state index contributed by atoms with van der Waals surface area (Å²) >= 11 is 0. The van der Waals surface area contributed by atoms with Crippen molar-refractivity contribution in [3.8, 4) is 5.75 Å². The maximum absolute atomic E-state index is 12.0. The van der Waals surface area contributed by atoms with Gasteiger partial charge in [-0.1, -0.05) is 30.4 Å². The lowest BCUT2D eigenvalue weighted by molar-refractivity contribution is -0.116. The van der Waals surface area contributed by atoms with Crippen LogP contribution >= 0.6 is 0 Å². The highest BCUT2D eigenvalue weighted by Crippen LogP contribution is 2.14. The van der Waals surface area contributed by atoms with E-state index in [0.29, 0.717) is 13.0 Å². The van der Waals surface area contributed by atoms with Crippen LogP contribution in [0.3, 0.4) is 0 Å². The van der Waals surface area contributed by atoms with Gasteiger partial charge in [0.15, 0.2) is 0 Å². The molecule has 20 heavy (non-hydrogen) atoms. The van der Waals surface area contributed by atoms with Gasteiger partial charge in [-0.25, -0.2) is 0 Å². The Morgan fingerprint density at radius 2 is 2.00 bits per heavy atom. The largest absolute Gasteiger partial charge is 0.435 e. The Morgan fingerprint density at radius 3 is 2.60 bits per heavy atom. The summed E-state index contributed by atoms with van der Waals surface area (Å²) in [7, 11) is 0. The molecular formula is C15H17F2NO2. The lowest BCUT2D eigenvalue weighted by Gasteiger charge is -2.06. The number of carbonyl (C=O) groups is 1. The predicted octanol–water partition coefficient (Wildman–Crippen LogP) is 3.08. The Labute approximate surface area is 116 Å². The number of hydrogen-bond donors (Lipinski definition) is 1. The molecule has 1 aromatic rings. The molecule has 0 aliphatic heterocycles. The van der Waals surface area contributed by atoms with E-state index in [1.165, 1.54) is 18.2 Å². The van der Waals surface area contributed by atoms with E-state index in [1.807, 2.05) is 13.0 Å². The summed E-state index contributed by atoms with van der Waals surface area (Å²) in [5.74, 6) is -0.0391. The lowest BCUT2D eigenvalue weighted by atomic mass is 10.1. The molecule has 0 saturated carbocycles. The number of halogens is 2. The fraction of sp³-hybridized carbons (Fsp3) is 0.267. The van der Waals surface area contributed by atoms with E-state index < -0.39 is 6.61 Å². The summed E-state index contributed by atoms with van der Waals surface area (Å²) in [5, 5.41) is 2.73.